The number of allylic oxidation sites excluding steroid dienone is 6. The fraction of sp³-hybridized carbons (Fsp3) is 0.896. The highest BCUT2D eigenvalue weighted by Gasteiger charge is 2.20. The van der Waals surface area contributed by atoms with E-state index in [1.165, 1.54) is 334 Å². The molecule has 0 aromatic heterocycles. The SMILES string of the molecule is CCCCCC/C=C\C/C=C\CCCCCCCC(=O)OCCCCCCCCCCCCCCCCCC/C=C\CCCCCCCCCCCCCCCCCCCC(=O)NC(CO)C(O)CCCCCCCCCCCCCCC. The summed E-state index contributed by atoms with van der Waals surface area (Å²) in [4.78, 5) is 24.6. The van der Waals surface area contributed by atoms with E-state index in [4.69, 9.17) is 4.74 Å². The Labute approximate surface area is 519 Å². The van der Waals surface area contributed by atoms with Gasteiger partial charge in [-0.25, -0.2) is 0 Å². The number of unbranched alkanes of at least 4 members (excludes halogenated alkanes) is 54. The number of esters is 1. The van der Waals surface area contributed by atoms with E-state index in [0.29, 0.717) is 25.9 Å². The Hall–Kier alpha value is -1.92. The van der Waals surface area contributed by atoms with Crippen LogP contribution in [0, 0.1) is 0 Å². The molecule has 83 heavy (non-hydrogen) atoms. The summed E-state index contributed by atoms with van der Waals surface area (Å²) >= 11 is 0. The van der Waals surface area contributed by atoms with Crippen molar-refractivity contribution in [3.8, 4) is 0 Å². The van der Waals surface area contributed by atoms with Gasteiger partial charge in [-0.1, -0.05) is 359 Å². The summed E-state index contributed by atoms with van der Waals surface area (Å²) in [7, 11) is 0. The zero-order valence-corrected chi connectivity index (χ0v) is 56.2. The van der Waals surface area contributed by atoms with E-state index < -0.39 is 12.1 Å². The van der Waals surface area contributed by atoms with Crippen molar-refractivity contribution in [3.05, 3.63) is 36.5 Å². The summed E-state index contributed by atoms with van der Waals surface area (Å²) in [5.41, 5.74) is 0. The third-order valence-corrected chi connectivity index (χ3v) is 17.7. The van der Waals surface area contributed by atoms with Gasteiger partial charge in [0.25, 0.3) is 0 Å². The van der Waals surface area contributed by atoms with Crippen LogP contribution in [0.15, 0.2) is 36.5 Å². The zero-order valence-electron chi connectivity index (χ0n) is 56.2. The summed E-state index contributed by atoms with van der Waals surface area (Å²) in [6, 6.07) is -0.538. The van der Waals surface area contributed by atoms with Crippen molar-refractivity contribution in [2.24, 2.45) is 0 Å². The summed E-state index contributed by atoms with van der Waals surface area (Å²) < 4.78 is 5.50. The first-order valence-corrected chi connectivity index (χ1v) is 37.7. The van der Waals surface area contributed by atoms with E-state index >= 15 is 0 Å². The monoisotopic (exact) mass is 1170 g/mol. The summed E-state index contributed by atoms with van der Waals surface area (Å²) in [6.07, 6.45) is 93.7. The average molecular weight is 1170 g/mol. The van der Waals surface area contributed by atoms with Crippen LogP contribution in [0.25, 0.3) is 0 Å². The highest BCUT2D eigenvalue weighted by molar-refractivity contribution is 5.76. The van der Waals surface area contributed by atoms with Crippen LogP contribution in [0.3, 0.4) is 0 Å². The highest BCUT2D eigenvalue weighted by Crippen LogP contribution is 2.19. The van der Waals surface area contributed by atoms with Crippen LogP contribution in [0.4, 0.5) is 0 Å². The maximum absolute atomic E-state index is 12.5. The Bertz CT molecular complexity index is 1340. The Morgan fingerprint density at radius 3 is 0.940 bits per heavy atom. The molecule has 6 heteroatoms. The lowest BCUT2D eigenvalue weighted by atomic mass is 10.0. The second kappa shape index (κ2) is 72.6. The third-order valence-electron chi connectivity index (χ3n) is 17.7. The number of aliphatic hydroxyl groups is 2. The molecule has 1 amide bonds. The van der Waals surface area contributed by atoms with Gasteiger partial charge >= 0.3 is 5.97 Å². The minimum Gasteiger partial charge on any atom is -0.466 e. The van der Waals surface area contributed by atoms with Crippen molar-refractivity contribution in [1.29, 1.82) is 0 Å². The van der Waals surface area contributed by atoms with Gasteiger partial charge in [0.15, 0.2) is 0 Å². The van der Waals surface area contributed by atoms with Crippen molar-refractivity contribution in [2.75, 3.05) is 13.2 Å². The lowest BCUT2D eigenvalue weighted by Gasteiger charge is -2.22. The molecule has 0 spiro atoms. The van der Waals surface area contributed by atoms with Crippen LogP contribution < -0.4 is 5.32 Å². The second-order valence-electron chi connectivity index (χ2n) is 26.0. The van der Waals surface area contributed by atoms with Gasteiger partial charge in [0, 0.05) is 12.8 Å². The molecule has 0 rings (SSSR count). The normalized spacial score (nSPS) is 12.7. The van der Waals surface area contributed by atoms with Gasteiger partial charge in [-0.15, -0.1) is 0 Å². The lowest BCUT2D eigenvalue weighted by molar-refractivity contribution is -0.143. The van der Waals surface area contributed by atoms with E-state index in [9.17, 15) is 19.8 Å². The second-order valence-corrected chi connectivity index (χ2v) is 26.0. The Morgan fingerprint density at radius 2 is 0.602 bits per heavy atom. The highest BCUT2D eigenvalue weighted by atomic mass is 16.5. The van der Waals surface area contributed by atoms with Crippen LogP contribution in [0.5, 0.6) is 0 Å². The van der Waals surface area contributed by atoms with E-state index in [1.807, 2.05) is 0 Å². The van der Waals surface area contributed by atoms with Crippen LogP contribution in [0.2, 0.25) is 0 Å². The Balaban J connectivity index is 3.32. The molecule has 490 valence electrons. The molecule has 2 unspecified atom stereocenters. The Morgan fingerprint density at radius 1 is 0.337 bits per heavy atom. The average Bonchev–Trinajstić information content (AvgIpc) is 3.49. The van der Waals surface area contributed by atoms with Crippen molar-refractivity contribution in [1.82, 2.24) is 5.32 Å². The number of aliphatic hydroxyl groups excluding tert-OH is 2. The molecule has 0 fully saturated rings. The fourth-order valence-corrected chi connectivity index (χ4v) is 11.9. The summed E-state index contributed by atoms with van der Waals surface area (Å²) in [5, 5.41) is 23.3. The zero-order chi connectivity index (χ0) is 59.9. The quantitative estimate of drug-likeness (QED) is 0.0320. The number of hydrogen-bond acceptors (Lipinski definition) is 5. The number of rotatable bonds is 71. The van der Waals surface area contributed by atoms with E-state index in [-0.39, 0.29) is 18.5 Å². The van der Waals surface area contributed by atoms with E-state index in [0.717, 1.165) is 51.4 Å². The predicted molar refractivity (Wildman–Crippen MR) is 366 cm³/mol. The van der Waals surface area contributed by atoms with Crippen LogP contribution in [-0.2, 0) is 14.3 Å². The number of ether oxygens (including phenoxy) is 1. The smallest absolute Gasteiger partial charge is 0.305 e. The van der Waals surface area contributed by atoms with Gasteiger partial charge in [-0.3, -0.25) is 9.59 Å². The van der Waals surface area contributed by atoms with Gasteiger partial charge in [0.1, 0.15) is 0 Å². The molecule has 0 aromatic rings. The number of amides is 1. The molecule has 0 aromatic carbocycles. The first-order valence-electron chi connectivity index (χ1n) is 37.7. The summed E-state index contributed by atoms with van der Waals surface area (Å²) in [6.45, 7) is 4.96. The predicted octanol–water partition coefficient (Wildman–Crippen LogP) is 24.7. The largest absolute Gasteiger partial charge is 0.466 e. The van der Waals surface area contributed by atoms with E-state index in [1.54, 1.807) is 0 Å². The number of carbonyl (C=O) groups excluding carboxylic acids is 2. The topological polar surface area (TPSA) is 95.9 Å². The minimum absolute atomic E-state index is 0.00835. The molecule has 0 radical (unpaired) electrons. The van der Waals surface area contributed by atoms with Gasteiger partial charge in [-0.2, -0.15) is 0 Å². The number of nitrogens with one attached hydrogen (secondary N) is 1. The molecule has 6 nitrogen and oxygen atoms in total. The van der Waals surface area contributed by atoms with Gasteiger partial charge in [-0.05, 0) is 83.5 Å². The molecule has 2 atom stereocenters. The lowest BCUT2D eigenvalue weighted by Crippen LogP contribution is -2.45. The van der Waals surface area contributed by atoms with Crippen molar-refractivity contribution in [2.45, 2.75) is 431 Å². The summed E-state index contributed by atoms with van der Waals surface area (Å²) in [5.74, 6) is -0.0206. The van der Waals surface area contributed by atoms with Crippen molar-refractivity contribution < 1.29 is 24.5 Å². The first kappa shape index (κ1) is 81.1. The van der Waals surface area contributed by atoms with Crippen LogP contribution >= 0.6 is 0 Å². The van der Waals surface area contributed by atoms with Gasteiger partial charge < -0.3 is 20.3 Å². The van der Waals surface area contributed by atoms with E-state index in [2.05, 4.69) is 55.6 Å². The molecule has 0 aliphatic rings. The minimum atomic E-state index is -0.661. The fourth-order valence-electron chi connectivity index (χ4n) is 11.9. The van der Waals surface area contributed by atoms with Crippen molar-refractivity contribution >= 4 is 11.9 Å². The molecule has 0 bridgehead atoms. The molecule has 3 N–H and O–H groups in total. The molecule has 0 heterocycles. The number of carbonyl (C=O) groups is 2. The maximum Gasteiger partial charge on any atom is 0.305 e. The third kappa shape index (κ3) is 69.1. The molecule has 0 saturated heterocycles. The molecule has 0 aliphatic heterocycles. The number of hydrogen-bond donors (Lipinski definition) is 3. The first-order chi connectivity index (χ1) is 41.0. The molecule has 0 saturated carbocycles. The molecular weight excluding hydrogens is 1020 g/mol. The van der Waals surface area contributed by atoms with Gasteiger partial charge in [0.2, 0.25) is 5.91 Å². The van der Waals surface area contributed by atoms with Crippen LogP contribution in [-0.4, -0.2) is 47.4 Å². The standard InChI is InChI=1S/C77H147NO5/c1-3-5-7-9-11-13-15-17-18-43-47-51-55-59-63-67-71-77(82)83-72-68-64-60-56-52-48-44-41-39-37-35-33-31-29-27-25-23-21-19-20-22-24-26-28-30-32-34-36-38-40-42-46-50-54-58-62-66-70-76(81)78-74(73-79)75(80)69-65-61-57-53-49-45-16-14-12-10-8-6-4-2/h13,15,18-19,21,43,74-75,79-80H,3-12,14,16-17,20,22-42,44-73H2,1-2H3,(H,78,81)/b15-13-,21-19-,43-18-. The molecule has 0 aliphatic carbocycles. The van der Waals surface area contributed by atoms with Crippen molar-refractivity contribution in [3.63, 3.8) is 0 Å². The van der Waals surface area contributed by atoms with Crippen LogP contribution in [0.1, 0.15) is 418 Å². The Kier molecular flexibility index (Phi) is 70.9. The molecular formula is C77H147NO5. The maximum atomic E-state index is 12.5. The van der Waals surface area contributed by atoms with Gasteiger partial charge in [0.05, 0.1) is 25.4 Å².